The third-order valence-electron chi connectivity index (χ3n) is 2.54. The number of benzene rings is 2. The number of hydrogen-bond donors (Lipinski definition) is 1. The highest BCUT2D eigenvalue weighted by molar-refractivity contribution is 6.32. The Morgan fingerprint density at radius 2 is 1.59 bits per heavy atom. The van der Waals surface area contributed by atoms with Gasteiger partial charge >= 0.3 is 0 Å². The molecule has 17 heavy (non-hydrogen) atoms. The number of rotatable bonds is 2. The lowest BCUT2D eigenvalue weighted by Crippen LogP contribution is -2.13. The van der Waals surface area contributed by atoms with E-state index in [4.69, 9.17) is 28.9 Å². The SMILES string of the molecule is NC(c1ccccc1Cl)c1ccc(F)cc1Cl. The summed E-state index contributed by atoms with van der Waals surface area (Å²) in [5.41, 5.74) is 7.50. The van der Waals surface area contributed by atoms with E-state index in [1.54, 1.807) is 12.1 Å². The zero-order chi connectivity index (χ0) is 12.4. The van der Waals surface area contributed by atoms with Crippen LogP contribution in [0.3, 0.4) is 0 Å². The second kappa shape index (κ2) is 5.05. The van der Waals surface area contributed by atoms with Crippen molar-refractivity contribution in [3.63, 3.8) is 0 Å². The smallest absolute Gasteiger partial charge is 0.124 e. The van der Waals surface area contributed by atoms with E-state index < -0.39 is 6.04 Å². The fraction of sp³-hybridized carbons (Fsp3) is 0.0769. The maximum absolute atomic E-state index is 12.9. The molecule has 0 aliphatic rings. The average Bonchev–Trinajstić information content (AvgIpc) is 2.29. The summed E-state index contributed by atoms with van der Waals surface area (Å²) >= 11 is 12.0. The summed E-state index contributed by atoms with van der Waals surface area (Å²) < 4.78 is 12.9. The minimum atomic E-state index is -0.461. The Kier molecular flexibility index (Phi) is 3.67. The number of hydrogen-bond acceptors (Lipinski definition) is 1. The van der Waals surface area contributed by atoms with Gasteiger partial charge in [-0.2, -0.15) is 0 Å². The lowest BCUT2D eigenvalue weighted by molar-refractivity contribution is 0.626. The lowest BCUT2D eigenvalue weighted by Gasteiger charge is -2.15. The van der Waals surface area contributed by atoms with Crippen molar-refractivity contribution < 1.29 is 4.39 Å². The molecule has 0 bridgehead atoms. The maximum Gasteiger partial charge on any atom is 0.124 e. The largest absolute Gasteiger partial charge is 0.320 e. The molecule has 0 saturated heterocycles. The highest BCUT2D eigenvalue weighted by Gasteiger charge is 2.15. The van der Waals surface area contributed by atoms with Crippen molar-refractivity contribution in [1.82, 2.24) is 0 Å². The number of nitrogens with two attached hydrogens (primary N) is 1. The van der Waals surface area contributed by atoms with Crippen LogP contribution in [0.25, 0.3) is 0 Å². The van der Waals surface area contributed by atoms with Gasteiger partial charge < -0.3 is 5.73 Å². The van der Waals surface area contributed by atoms with Gasteiger partial charge in [-0.25, -0.2) is 4.39 Å². The standard InChI is InChI=1S/C13H10Cl2FN/c14-11-4-2-1-3-9(11)13(17)10-6-5-8(16)7-12(10)15/h1-7,13H,17H2. The predicted molar refractivity (Wildman–Crippen MR) is 68.9 cm³/mol. The highest BCUT2D eigenvalue weighted by Crippen LogP contribution is 2.30. The molecular weight excluding hydrogens is 260 g/mol. The fourth-order valence-electron chi connectivity index (χ4n) is 1.65. The van der Waals surface area contributed by atoms with Crippen LogP contribution in [0.1, 0.15) is 17.2 Å². The van der Waals surface area contributed by atoms with Gasteiger partial charge in [0.15, 0.2) is 0 Å². The second-order valence-corrected chi connectivity index (χ2v) is 4.48. The first-order chi connectivity index (χ1) is 8.09. The van der Waals surface area contributed by atoms with E-state index in [1.165, 1.54) is 12.1 Å². The molecule has 0 aliphatic heterocycles. The van der Waals surface area contributed by atoms with Crippen molar-refractivity contribution in [3.8, 4) is 0 Å². The van der Waals surface area contributed by atoms with Gasteiger partial charge in [0.1, 0.15) is 5.82 Å². The molecule has 0 saturated carbocycles. The molecule has 0 spiro atoms. The molecule has 0 amide bonds. The first-order valence-corrected chi connectivity index (χ1v) is 5.80. The molecule has 1 atom stereocenters. The van der Waals surface area contributed by atoms with Crippen LogP contribution in [0.2, 0.25) is 10.0 Å². The second-order valence-electron chi connectivity index (χ2n) is 3.67. The van der Waals surface area contributed by atoms with E-state index in [0.717, 1.165) is 5.56 Å². The minimum Gasteiger partial charge on any atom is -0.320 e. The molecule has 0 fully saturated rings. The zero-order valence-electron chi connectivity index (χ0n) is 8.83. The highest BCUT2D eigenvalue weighted by atomic mass is 35.5. The summed E-state index contributed by atoms with van der Waals surface area (Å²) in [4.78, 5) is 0. The Morgan fingerprint density at radius 1 is 0.941 bits per heavy atom. The Balaban J connectivity index is 2.44. The van der Waals surface area contributed by atoms with Gasteiger partial charge in [-0.3, -0.25) is 0 Å². The molecular formula is C13H10Cl2FN. The van der Waals surface area contributed by atoms with Crippen molar-refractivity contribution in [2.24, 2.45) is 5.73 Å². The van der Waals surface area contributed by atoms with Crippen LogP contribution in [0.15, 0.2) is 42.5 Å². The van der Waals surface area contributed by atoms with E-state index in [-0.39, 0.29) is 5.82 Å². The van der Waals surface area contributed by atoms with Gasteiger partial charge in [0.25, 0.3) is 0 Å². The van der Waals surface area contributed by atoms with E-state index in [0.29, 0.717) is 15.6 Å². The molecule has 2 aromatic rings. The summed E-state index contributed by atoms with van der Waals surface area (Å²) in [7, 11) is 0. The van der Waals surface area contributed by atoms with Gasteiger partial charge in [-0.05, 0) is 29.3 Å². The first kappa shape index (κ1) is 12.4. The van der Waals surface area contributed by atoms with Crippen molar-refractivity contribution in [3.05, 3.63) is 69.5 Å². The molecule has 0 radical (unpaired) electrons. The Bertz CT molecular complexity index is 543. The van der Waals surface area contributed by atoms with Crippen LogP contribution < -0.4 is 5.73 Å². The molecule has 0 aliphatic carbocycles. The van der Waals surface area contributed by atoms with E-state index in [2.05, 4.69) is 0 Å². The Hall–Kier alpha value is -1.09. The summed E-state index contributed by atoms with van der Waals surface area (Å²) in [6.07, 6.45) is 0. The Morgan fingerprint density at radius 3 is 2.24 bits per heavy atom. The van der Waals surface area contributed by atoms with E-state index >= 15 is 0 Å². The number of halogens is 3. The summed E-state index contributed by atoms with van der Waals surface area (Å²) in [5.74, 6) is -0.384. The van der Waals surface area contributed by atoms with Crippen LogP contribution in [0.5, 0.6) is 0 Å². The van der Waals surface area contributed by atoms with Crippen LogP contribution >= 0.6 is 23.2 Å². The summed E-state index contributed by atoms with van der Waals surface area (Å²) in [5, 5.41) is 0.873. The van der Waals surface area contributed by atoms with Gasteiger partial charge in [0, 0.05) is 10.0 Å². The third-order valence-corrected chi connectivity index (χ3v) is 3.21. The van der Waals surface area contributed by atoms with Gasteiger partial charge in [0.05, 0.1) is 6.04 Å². The predicted octanol–water partition coefficient (Wildman–Crippen LogP) is 4.18. The molecule has 2 N–H and O–H groups in total. The molecule has 0 heterocycles. The Labute approximate surface area is 109 Å². The minimum absolute atomic E-state index is 0.303. The van der Waals surface area contributed by atoms with Crippen molar-refractivity contribution in [1.29, 1.82) is 0 Å². The molecule has 4 heteroatoms. The molecule has 88 valence electrons. The van der Waals surface area contributed by atoms with Crippen LogP contribution in [0.4, 0.5) is 4.39 Å². The first-order valence-electron chi connectivity index (χ1n) is 5.04. The maximum atomic E-state index is 12.9. The monoisotopic (exact) mass is 269 g/mol. The molecule has 1 nitrogen and oxygen atoms in total. The van der Waals surface area contributed by atoms with Crippen LogP contribution in [-0.4, -0.2) is 0 Å². The topological polar surface area (TPSA) is 26.0 Å². The van der Waals surface area contributed by atoms with E-state index in [9.17, 15) is 4.39 Å². The lowest BCUT2D eigenvalue weighted by atomic mass is 9.99. The normalized spacial score (nSPS) is 12.5. The third kappa shape index (κ3) is 2.60. The van der Waals surface area contributed by atoms with Gasteiger partial charge in [-0.15, -0.1) is 0 Å². The van der Waals surface area contributed by atoms with Crippen LogP contribution in [0, 0.1) is 5.82 Å². The average molecular weight is 270 g/mol. The van der Waals surface area contributed by atoms with Crippen molar-refractivity contribution in [2.45, 2.75) is 6.04 Å². The summed E-state index contributed by atoms with van der Waals surface area (Å²) in [6.45, 7) is 0. The van der Waals surface area contributed by atoms with Crippen LogP contribution in [-0.2, 0) is 0 Å². The van der Waals surface area contributed by atoms with Crippen molar-refractivity contribution >= 4 is 23.2 Å². The fourth-order valence-corrected chi connectivity index (χ4v) is 2.19. The van der Waals surface area contributed by atoms with E-state index in [1.807, 2.05) is 18.2 Å². The van der Waals surface area contributed by atoms with Gasteiger partial charge in [0.2, 0.25) is 0 Å². The molecule has 0 aromatic heterocycles. The van der Waals surface area contributed by atoms with Gasteiger partial charge in [-0.1, -0.05) is 47.5 Å². The molecule has 1 unspecified atom stereocenters. The van der Waals surface area contributed by atoms with Crippen molar-refractivity contribution in [2.75, 3.05) is 0 Å². The zero-order valence-corrected chi connectivity index (χ0v) is 10.3. The summed E-state index contributed by atoms with van der Waals surface area (Å²) in [6, 6.07) is 10.9. The quantitative estimate of drug-likeness (QED) is 0.870. The molecule has 2 aromatic carbocycles. The molecule has 2 rings (SSSR count).